The molecular weight excluding hydrogens is 238 g/mol. The van der Waals surface area contributed by atoms with Gasteiger partial charge in [0, 0.05) is 19.0 Å². The molecular formula is C9H18ClNO3S. The Bertz CT molecular complexity index is 281. The van der Waals surface area contributed by atoms with Gasteiger partial charge in [-0.1, -0.05) is 0 Å². The van der Waals surface area contributed by atoms with Crippen molar-refractivity contribution in [2.24, 2.45) is 0 Å². The lowest BCUT2D eigenvalue weighted by atomic mass is 10.2. The molecule has 2 atom stereocenters. The Balaban J connectivity index is 2.45. The predicted octanol–water partition coefficient (Wildman–Crippen LogP) is 1.10. The molecule has 1 aliphatic carbocycles. The van der Waals surface area contributed by atoms with Gasteiger partial charge in [0.15, 0.2) is 0 Å². The fourth-order valence-electron chi connectivity index (χ4n) is 1.88. The second-order valence-corrected chi connectivity index (χ2v) is 6.04. The van der Waals surface area contributed by atoms with Crippen LogP contribution in [0, 0.1) is 0 Å². The second kappa shape index (κ2) is 6.03. The van der Waals surface area contributed by atoms with Gasteiger partial charge in [-0.25, -0.2) is 13.1 Å². The van der Waals surface area contributed by atoms with Crippen molar-refractivity contribution >= 4 is 21.6 Å². The Kier molecular flexibility index (Phi) is 5.32. The third-order valence-corrected chi connectivity index (χ3v) is 4.39. The minimum atomic E-state index is -3.18. The van der Waals surface area contributed by atoms with Crippen molar-refractivity contribution in [2.45, 2.75) is 37.8 Å². The first kappa shape index (κ1) is 13.2. The molecule has 0 aromatic heterocycles. The number of ether oxygens (including phenoxy) is 1. The van der Waals surface area contributed by atoms with E-state index in [1.165, 1.54) is 0 Å². The van der Waals surface area contributed by atoms with Crippen molar-refractivity contribution in [1.29, 1.82) is 0 Å². The molecule has 0 bridgehead atoms. The van der Waals surface area contributed by atoms with Gasteiger partial charge in [-0.3, -0.25) is 0 Å². The fraction of sp³-hybridized carbons (Fsp3) is 1.00. The number of methoxy groups -OCH3 is 1. The first-order valence-corrected chi connectivity index (χ1v) is 7.36. The van der Waals surface area contributed by atoms with Crippen LogP contribution in [0.1, 0.15) is 25.7 Å². The summed E-state index contributed by atoms with van der Waals surface area (Å²) in [5.74, 6) is 0.475. The Hall–Kier alpha value is 0.160. The molecule has 0 aromatic rings. The van der Waals surface area contributed by atoms with Crippen LogP contribution >= 0.6 is 11.6 Å². The van der Waals surface area contributed by atoms with Crippen LogP contribution in [0.5, 0.6) is 0 Å². The Morgan fingerprint density at radius 3 is 2.80 bits per heavy atom. The van der Waals surface area contributed by atoms with Crippen LogP contribution in [-0.2, 0) is 14.8 Å². The van der Waals surface area contributed by atoms with Gasteiger partial charge >= 0.3 is 0 Å². The quantitative estimate of drug-likeness (QED) is 0.724. The molecule has 0 amide bonds. The monoisotopic (exact) mass is 255 g/mol. The van der Waals surface area contributed by atoms with E-state index in [4.69, 9.17) is 16.3 Å². The average molecular weight is 256 g/mol. The summed E-state index contributed by atoms with van der Waals surface area (Å²) in [4.78, 5) is 0. The highest BCUT2D eigenvalue weighted by Crippen LogP contribution is 2.22. The molecule has 2 unspecified atom stereocenters. The molecule has 0 aliphatic heterocycles. The largest absolute Gasteiger partial charge is 0.380 e. The predicted molar refractivity (Wildman–Crippen MR) is 60.7 cm³/mol. The van der Waals surface area contributed by atoms with Crippen molar-refractivity contribution in [1.82, 2.24) is 4.72 Å². The number of sulfonamides is 1. The normalized spacial score (nSPS) is 27.1. The van der Waals surface area contributed by atoms with Gasteiger partial charge in [-0.15, -0.1) is 11.6 Å². The molecule has 1 N–H and O–H groups in total. The van der Waals surface area contributed by atoms with Gasteiger partial charge in [0.2, 0.25) is 10.0 Å². The van der Waals surface area contributed by atoms with Crippen molar-refractivity contribution in [2.75, 3.05) is 18.7 Å². The van der Waals surface area contributed by atoms with E-state index < -0.39 is 10.0 Å². The number of rotatable bonds is 6. The van der Waals surface area contributed by atoms with Crippen LogP contribution in [0.2, 0.25) is 0 Å². The molecule has 0 aromatic carbocycles. The molecule has 1 saturated carbocycles. The molecule has 0 heterocycles. The maximum absolute atomic E-state index is 11.6. The summed E-state index contributed by atoms with van der Waals surface area (Å²) in [5, 5.41) is 0. The highest BCUT2D eigenvalue weighted by Gasteiger charge is 2.30. The summed E-state index contributed by atoms with van der Waals surface area (Å²) >= 11 is 5.46. The van der Waals surface area contributed by atoms with Gasteiger partial charge < -0.3 is 4.74 Å². The van der Waals surface area contributed by atoms with Crippen molar-refractivity contribution in [3.8, 4) is 0 Å². The highest BCUT2D eigenvalue weighted by atomic mass is 35.5. The van der Waals surface area contributed by atoms with Crippen molar-refractivity contribution < 1.29 is 13.2 Å². The zero-order valence-corrected chi connectivity index (χ0v) is 10.5. The standard InChI is InChI=1S/C9H18ClNO3S/c1-14-9-5-2-4-8(9)11-15(12,13)7-3-6-10/h8-9,11H,2-7H2,1H3. The van der Waals surface area contributed by atoms with Crippen LogP contribution in [-0.4, -0.2) is 39.3 Å². The van der Waals surface area contributed by atoms with E-state index >= 15 is 0 Å². The van der Waals surface area contributed by atoms with Gasteiger partial charge in [-0.2, -0.15) is 0 Å². The molecule has 15 heavy (non-hydrogen) atoms. The van der Waals surface area contributed by atoms with E-state index in [9.17, 15) is 8.42 Å². The summed E-state index contributed by atoms with van der Waals surface area (Å²) in [6, 6.07) is -0.0599. The molecule has 1 rings (SSSR count). The van der Waals surface area contributed by atoms with Crippen LogP contribution in [0.3, 0.4) is 0 Å². The first-order valence-electron chi connectivity index (χ1n) is 5.18. The van der Waals surface area contributed by atoms with E-state index in [0.717, 1.165) is 19.3 Å². The lowest BCUT2D eigenvalue weighted by Crippen LogP contribution is -2.41. The summed E-state index contributed by atoms with van der Waals surface area (Å²) in [7, 11) is -1.56. The molecule has 90 valence electrons. The number of hydrogen-bond acceptors (Lipinski definition) is 3. The van der Waals surface area contributed by atoms with Crippen LogP contribution in [0.15, 0.2) is 0 Å². The molecule has 1 aliphatic rings. The fourth-order valence-corrected chi connectivity index (χ4v) is 3.54. The minimum absolute atomic E-state index is 0.0239. The van der Waals surface area contributed by atoms with Gasteiger partial charge in [0.05, 0.1) is 11.9 Å². The van der Waals surface area contributed by atoms with Gasteiger partial charge in [0.25, 0.3) is 0 Å². The van der Waals surface area contributed by atoms with E-state index in [1.54, 1.807) is 7.11 Å². The first-order chi connectivity index (χ1) is 7.09. The van der Waals surface area contributed by atoms with Crippen LogP contribution in [0.4, 0.5) is 0 Å². The highest BCUT2D eigenvalue weighted by molar-refractivity contribution is 7.89. The topological polar surface area (TPSA) is 55.4 Å². The van der Waals surface area contributed by atoms with E-state index in [-0.39, 0.29) is 17.9 Å². The summed E-state index contributed by atoms with van der Waals surface area (Å²) < 4.78 is 31.1. The van der Waals surface area contributed by atoms with Crippen LogP contribution in [0.25, 0.3) is 0 Å². The smallest absolute Gasteiger partial charge is 0.211 e. The zero-order chi connectivity index (χ0) is 11.3. The average Bonchev–Trinajstić information content (AvgIpc) is 2.61. The van der Waals surface area contributed by atoms with Crippen molar-refractivity contribution in [3.05, 3.63) is 0 Å². The van der Waals surface area contributed by atoms with E-state index in [0.29, 0.717) is 12.3 Å². The second-order valence-electron chi connectivity index (χ2n) is 3.79. The lowest BCUT2D eigenvalue weighted by molar-refractivity contribution is 0.0916. The molecule has 4 nitrogen and oxygen atoms in total. The molecule has 1 fully saturated rings. The number of hydrogen-bond donors (Lipinski definition) is 1. The SMILES string of the molecule is COC1CCCC1NS(=O)(=O)CCCCl. The maximum atomic E-state index is 11.6. The van der Waals surface area contributed by atoms with Crippen molar-refractivity contribution in [3.63, 3.8) is 0 Å². The summed E-state index contributed by atoms with van der Waals surface area (Å²) in [6.07, 6.45) is 3.32. The Morgan fingerprint density at radius 2 is 2.20 bits per heavy atom. The molecule has 0 saturated heterocycles. The number of halogens is 1. The summed E-state index contributed by atoms with van der Waals surface area (Å²) in [5.41, 5.74) is 0. The van der Waals surface area contributed by atoms with E-state index in [2.05, 4.69) is 4.72 Å². The molecule has 6 heteroatoms. The third kappa shape index (κ3) is 4.26. The van der Waals surface area contributed by atoms with Crippen LogP contribution < -0.4 is 4.72 Å². The Labute approximate surface area is 96.4 Å². The number of alkyl halides is 1. The molecule has 0 spiro atoms. The lowest BCUT2D eigenvalue weighted by Gasteiger charge is -2.19. The minimum Gasteiger partial charge on any atom is -0.380 e. The zero-order valence-electron chi connectivity index (χ0n) is 8.91. The van der Waals surface area contributed by atoms with E-state index in [1.807, 2.05) is 0 Å². The third-order valence-electron chi connectivity index (χ3n) is 2.63. The summed E-state index contributed by atoms with van der Waals surface area (Å²) in [6.45, 7) is 0. The van der Waals surface area contributed by atoms with Gasteiger partial charge in [-0.05, 0) is 25.7 Å². The van der Waals surface area contributed by atoms with Gasteiger partial charge in [0.1, 0.15) is 0 Å². The Morgan fingerprint density at radius 1 is 1.47 bits per heavy atom. The molecule has 0 radical (unpaired) electrons. The maximum Gasteiger partial charge on any atom is 0.211 e. The number of nitrogens with one attached hydrogen (secondary N) is 1.